The summed E-state index contributed by atoms with van der Waals surface area (Å²) in [6.45, 7) is 0. The summed E-state index contributed by atoms with van der Waals surface area (Å²) in [7, 11) is 0. The van der Waals surface area contributed by atoms with Gasteiger partial charge in [0.2, 0.25) is 0 Å². The summed E-state index contributed by atoms with van der Waals surface area (Å²) in [6.07, 6.45) is -6.27. The van der Waals surface area contributed by atoms with E-state index in [1.165, 1.54) is 24.3 Å². The molecule has 2 rings (SSSR count). The number of benzene rings is 1. The van der Waals surface area contributed by atoms with Crippen molar-refractivity contribution in [2.24, 2.45) is 0 Å². The minimum absolute atomic E-state index is 0.0820. The molecule has 106 valence electrons. The average molecular weight is 323 g/mol. The Hall–Kier alpha value is -1.80. The van der Waals surface area contributed by atoms with E-state index < -0.39 is 22.8 Å². The van der Waals surface area contributed by atoms with Gasteiger partial charge >= 0.3 is 12.3 Å². The van der Waals surface area contributed by atoms with E-state index in [0.717, 1.165) is 0 Å². The first-order chi connectivity index (χ1) is 9.29. The van der Waals surface area contributed by atoms with Crippen LogP contribution in [0, 0.1) is 0 Å². The lowest BCUT2D eigenvalue weighted by Crippen LogP contribution is -2.12. The van der Waals surface area contributed by atoms with Crippen LogP contribution in [0.1, 0.15) is 4.88 Å². The van der Waals surface area contributed by atoms with Gasteiger partial charge in [0, 0.05) is 10.6 Å². The summed E-state index contributed by atoms with van der Waals surface area (Å²) in [5.41, 5.74) is -0.316. The van der Waals surface area contributed by atoms with Crippen molar-refractivity contribution in [3.05, 3.63) is 34.2 Å². The topological polar surface area (TPSA) is 62.2 Å². The lowest BCUT2D eigenvalue weighted by Gasteiger charge is -2.08. The van der Waals surface area contributed by atoms with Gasteiger partial charge in [0.05, 0.1) is 5.69 Å². The van der Waals surface area contributed by atoms with E-state index in [9.17, 15) is 18.0 Å². The Kier molecular flexibility index (Phi) is 3.87. The Morgan fingerprint density at radius 3 is 2.40 bits per heavy atom. The number of carbonyl (C=O) groups is 1. The molecule has 0 spiro atoms. The first-order valence-corrected chi connectivity index (χ1v) is 6.27. The maximum Gasteiger partial charge on any atom is 0.429 e. The van der Waals surface area contributed by atoms with Crippen molar-refractivity contribution in [1.82, 2.24) is 4.37 Å². The molecule has 2 aromatic rings. The summed E-state index contributed by atoms with van der Waals surface area (Å²) in [6, 6.07) is 5.89. The highest BCUT2D eigenvalue weighted by Gasteiger charge is 2.38. The number of rotatable bonds is 2. The van der Waals surface area contributed by atoms with Crippen LogP contribution in [0.4, 0.5) is 23.7 Å². The smallest absolute Gasteiger partial charge is 0.429 e. The van der Waals surface area contributed by atoms with Crippen molar-refractivity contribution in [1.29, 1.82) is 0 Å². The van der Waals surface area contributed by atoms with E-state index in [0.29, 0.717) is 10.6 Å². The standard InChI is InChI=1S/C11H6ClF3N2O2S/c12-6-3-1-5(2-4-6)7-8(16-10(18)19)9(20-17-7)11(13,14)15/h1-4,16H,(H,18,19). The van der Waals surface area contributed by atoms with E-state index in [-0.39, 0.29) is 17.2 Å². The van der Waals surface area contributed by atoms with Gasteiger partial charge < -0.3 is 5.11 Å². The predicted molar refractivity (Wildman–Crippen MR) is 69.2 cm³/mol. The van der Waals surface area contributed by atoms with Crippen molar-refractivity contribution in [3.63, 3.8) is 0 Å². The van der Waals surface area contributed by atoms with Crippen LogP contribution in [-0.4, -0.2) is 15.6 Å². The van der Waals surface area contributed by atoms with Crippen LogP contribution in [0.15, 0.2) is 24.3 Å². The Morgan fingerprint density at radius 2 is 1.90 bits per heavy atom. The van der Waals surface area contributed by atoms with Crippen LogP contribution in [0.3, 0.4) is 0 Å². The molecule has 0 saturated carbocycles. The molecule has 0 saturated heterocycles. The second kappa shape index (κ2) is 5.29. The Morgan fingerprint density at radius 1 is 1.30 bits per heavy atom. The zero-order chi connectivity index (χ0) is 14.9. The molecule has 9 heteroatoms. The Bertz CT molecular complexity index is 640. The van der Waals surface area contributed by atoms with E-state index in [1.807, 2.05) is 0 Å². The highest BCUT2D eigenvalue weighted by atomic mass is 35.5. The number of nitrogens with zero attached hydrogens (tertiary/aromatic N) is 1. The molecule has 0 atom stereocenters. The van der Waals surface area contributed by atoms with Gasteiger partial charge in [-0.15, -0.1) is 0 Å². The molecule has 1 amide bonds. The molecule has 2 N–H and O–H groups in total. The molecule has 0 aliphatic carbocycles. The summed E-state index contributed by atoms with van der Waals surface area (Å²) in [4.78, 5) is 9.57. The minimum atomic E-state index is -4.68. The van der Waals surface area contributed by atoms with Gasteiger partial charge in [0.1, 0.15) is 5.69 Å². The van der Waals surface area contributed by atoms with Gasteiger partial charge in [-0.05, 0) is 23.7 Å². The largest absolute Gasteiger partial charge is 0.465 e. The van der Waals surface area contributed by atoms with Crippen LogP contribution in [-0.2, 0) is 6.18 Å². The van der Waals surface area contributed by atoms with Crippen LogP contribution in [0.2, 0.25) is 5.02 Å². The second-order valence-corrected chi connectivity index (χ2v) is 4.88. The first-order valence-electron chi connectivity index (χ1n) is 5.12. The monoisotopic (exact) mass is 322 g/mol. The predicted octanol–water partition coefficient (Wildman–Crippen LogP) is 4.57. The van der Waals surface area contributed by atoms with Crippen molar-refractivity contribution >= 4 is 34.9 Å². The number of carboxylic acid groups (broad SMARTS) is 1. The number of nitrogens with one attached hydrogen (secondary N) is 1. The quantitative estimate of drug-likeness (QED) is 0.851. The molecular weight excluding hydrogens is 317 g/mol. The zero-order valence-electron chi connectivity index (χ0n) is 9.53. The summed E-state index contributed by atoms with van der Waals surface area (Å²) in [5.74, 6) is 0. The van der Waals surface area contributed by atoms with Crippen molar-refractivity contribution < 1.29 is 23.1 Å². The normalized spacial score (nSPS) is 11.4. The molecule has 0 bridgehead atoms. The third kappa shape index (κ3) is 3.02. The number of hydrogen-bond acceptors (Lipinski definition) is 3. The zero-order valence-corrected chi connectivity index (χ0v) is 11.1. The molecule has 0 fully saturated rings. The minimum Gasteiger partial charge on any atom is -0.465 e. The lowest BCUT2D eigenvalue weighted by atomic mass is 10.1. The van der Waals surface area contributed by atoms with Crippen LogP contribution in [0.25, 0.3) is 11.3 Å². The van der Waals surface area contributed by atoms with Crippen molar-refractivity contribution in [3.8, 4) is 11.3 Å². The molecule has 1 heterocycles. The van der Waals surface area contributed by atoms with Crippen molar-refractivity contribution in [2.75, 3.05) is 5.32 Å². The molecule has 0 aliphatic heterocycles. The van der Waals surface area contributed by atoms with Crippen molar-refractivity contribution in [2.45, 2.75) is 6.18 Å². The fourth-order valence-corrected chi connectivity index (χ4v) is 2.36. The number of halogens is 4. The Balaban J connectivity index is 2.56. The van der Waals surface area contributed by atoms with Crippen LogP contribution < -0.4 is 5.32 Å². The highest BCUT2D eigenvalue weighted by Crippen LogP contribution is 2.43. The molecule has 0 radical (unpaired) electrons. The van der Waals surface area contributed by atoms with Gasteiger partial charge in [0.25, 0.3) is 0 Å². The van der Waals surface area contributed by atoms with E-state index in [4.69, 9.17) is 16.7 Å². The molecule has 1 aromatic carbocycles. The molecular formula is C11H6ClF3N2O2S. The van der Waals surface area contributed by atoms with Gasteiger partial charge in [0.15, 0.2) is 4.88 Å². The SMILES string of the molecule is O=C(O)Nc1c(-c2ccc(Cl)cc2)nsc1C(F)(F)F. The number of hydrogen-bond donors (Lipinski definition) is 2. The van der Waals surface area contributed by atoms with Gasteiger partial charge in [-0.3, -0.25) is 5.32 Å². The summed E-state index contributed by atoms with van der Waals surface area (Å²) < 4.78 is 42.1. The number of aromatic nitrogens is 1. The van der Waals surface area contributed by atoms with Gasteiger partial charge in [-0.25, -0.2) is 4.79 Å². The fourth-order valence-electron chi connectivity index (χ4n) is 1.51. The third-order valence-corrected chi connectivity index (χ3v) is 3.44. The fraction of sp³-hybridized carbons (Fsp3) is 0.0909. The first kappa shape index (κ1) is 14.6. The highest BCUT2D eigenvalue weighted by molar-refractivity contribution is 7.06. The molecule has 4 nitrogen and oxygen atoms in total. The maximum absolute atomic E-state index is 12.8. The molecule has 0 aliphatic rings. The summed E-state index contributed by atoms with van der Waals surface area (Å²) >= 11 is 5.88. The van der Waals surface area contributed by atoms with Crippen LogP contribution >= 0.6 is 23.1 Å². The molecule has 1 aromatic heterocycles. The van der Waals surface area contributed by atoms with E-state index in [1.54, 1.807) is 5.32 Å². The number of anilines is 1. The lowest BCUT2D eigenvalue weighted by molar-refractivity contribution is -0.133. The van der Waals surface area contributed by atoms with Gasteiger partial charge in [-0.2, -0.15) is 17.5 Å². The summed E-state index contributed by atoms with van der Waals surface area (Å²) in [5, 5.41) is 10.8. The third-order valence-electron chi connectivity index (χ3n) is 2.30. The van der Waals surface area contributed by atoms with Gasteiger partial charge in [-0.1, -0.05) is 23.7 Å². The molecule has 0 unspecified atom stereocenters. The number of amides is 1. The van der Waals surface area contributed by atoms with E-state index >= 15 is 0 Å². The van der Waals surface area contributed by atoms with E-state index in [2.05, 4.69) is 4.37 Å². The average Bonchev–Trinajstić information content (AvgIpc) is 2.72. The maximum atomic E-state index is 12.8. The second-order valence-electron chi connectivity index (χ2n) is 3.67. The number of alkyl halides is 3. The Labute approximate surface area is 120 Å². The van der Waals surface area contributed by atoms with Crippen LogP contribution in [0.5, 0.6) is 0 Å². The molecule has 20 heavy (non-hydrogen) atoms.